The number of amides is 1. The van der Waals surface area contributed by atoms with Crippen LogP contribution < -0.4 is 0 Å². The molecule has 1 aromatic heterocycles. The van der Waals surface area contributed by atoms with Gasteiger partial charge in [-0.2, -0.15) is 4.98 Å². The van der Waals surface area contributed by atoms with Gasteiger partial charge >= 0.3 is 11.9 Å². The predicted molar refractivity (Wildman–Crippen MR) is 89.7 cm³/mol. The number of sulfonamides is 1. The van der Waals surface area contributed by atoms with Crippen LogP contribution in [-0.4, -0.2) is 53.9 Å². The van der Waals surface area contributed by atoms with Crippen LogP contribution in [0.2, 0.25) is 0 Å². The van der Waals surface area contributed by atoms with Crippen LogP contribution in [0.1, 0.15) is 51.1 Å². The van der Waals surface area contributed by atoms with E-state index in [9.17, 15) is 22.8 Å². The van der Waals surface area contributed by atoms with Gasteiger partial charge in [-0.1, -0.05) is 0 Å². The molecule has 0 N–H and O–H groups in total. The average molecular weight is 409 g/mol. The molecule has 1 aliphatic rings. The van der Waals surface area contributed by atoms with Crippen molar-refractivity contribution in [1.29, 1.82) is 0 Å². The van der Waals surface area contributed by atoms with Crippen LogP contribution in [0.25, 0.3) is 0 Å². The molecule has 0 saturated carbocycles. The molecule has 0 saturated heterocycles. The number of nitrogens with zero attached hydrogens (tertiary/aromatic N) is 3. The number of aromatic nitrogens is 2. The van der Waals surface area contributed by atoms with Crippen molar-refractivity contribution < 1.29 is 36.8 Å². The van der Waals surface area contributed by atoms with Gasteiger partial charge in [-0.3, -0.25) is 4.79 Å². The summed E-state index contributed by atoms with van der Waals surface area (Å²) in [6, 6.07) is 3.62. The second kappa shape index (κ2) is 7.38. The summed E-state index contributed by atoms with van der Waals surface area (Å²) in [4.78, 5) is 39.2. The normalized spacial score (nSPS) is 14.6. The fourth-order valence-electron chi connectivity index (χ4n) is 2.52. The molecule has 12 heteroatoms. The zero-order valence-electron chi connectivity index (χ0n) is 14.9. The predicted octanol–water partition coefficient (Wildman–Crippen LogP) is 0.768. The summed E-state index contributed by atoms with van der Waals surface area (Å²) < 4.78 is 40.0. The van der Waals surface area contributed by atoms with Crippen LogP contribution in [0.15, 0.2) is 27.6 Å². The molecule has 0 spiro atoms. The highest BCUT2D eigenvalue weighted by molar-refractivity contribution is 7.90. The van der Waals surface area contributed by atoms with E-state index in [4.69, 9.17) is 14.0 Å². The van der Waals surface area contributed by atoms with Crippen LogP contribution in [0.4, 0.5) is 0 Å². The molecular formula is C16H15N3O8S. The fraction of sp³-hybridized carbons (Fsp3) is 0.312. The van der Waals surface area contributed by atoms with E-state index in [1.165, 1.54) is 19.1 Å². The fourth-order valence-corrected chi connectivity index (χ4v) is 4.12. The lowest BCUT2D eigenvalue weighted by Crippen LogP contribution is -2.29. The Hall–Kier alpha value is -3.28. The highest BCUT2D eigenvalue weighted by atomic mass is 32.2. The number of carbonyl (C=O) groups is 3. The monoisotopic (exact) mass is 409 g/mol. The third kappa shape index (κ3) is 3.33. The Balaban J connectivity index is 1.73. The molecule has 3 rings (SSSR count). The number of fused-ring (bicyclic) bond motifs is 1. The second-order valence-electron chi connectivity index (χ2n) is 5.49. The third-order valence-electron chi connectivity index (χ3n) is 3.78. The maximum Gasteiger partial charge on any atom is 0.379 e. The van der Waals surface area contributed by atoms with E-state index in [1.54, 1.807) is 6.92 Å². The van der Waals surface area contributed by atoms with Gasteiger partial charge < -0.3 is 14.0 Å². The molecule has 2 aromatic rings. The molecule has 0 unspecified atom stereocenters. The van der Waals surface area contributed by atoms with Crippen molar-refractivity contribution in [2.45, 2.75) is 25.3 Å². The Morgan fingerprint density at radius 2 is 1.93 bits per heavy atom. The lowest BCUT2D eigenvalue weighted by molar-refractivity contribution is 0.0427. The number of carbonyl (C=O) groups excluding carboxylic acids is 3. The van der Waals surface area contributed by atoms with Crippen LogP contribution >= 0.6 is 0 Å². The van der Waals surface area contributed by atoms with Crippen molar-refractivity contribution in [3.05, 3.63) is 41.0 Å². The maximum atomic E-state index is 12.4. The van der Waals surface area contributed by atoms with Crippen molar-refractivity contribution in [1.82, 2.24) is 14.4 Å². The smallest absolute Gasteiger partial charge is 0.379 e. The molecule has 1 amide bonds. The van der Waals surface area contributed by atoms with E-state index in [0.29, 0.717) is 0 Å². The highest BCUT2D eigenvalue weighted by Gasteiger charge is 2.40. The summed E-state index contributed by atoms with van der Waals surface area (Å²) in [6.45, 7) is 2.83. The summed E-state index contributed by atoms with van der Waals surface area (Å²) >= 11 is 0. The highest BCUT2D eigenvalue weighted by Crippen LogP contribution is 2.30. The lowest BCUT2D eigenvalue weighted by Gasteiger charge is -2.11. The summed E-state index contributed by atoms with van der Waals surface area (Å²) in [5.74, 6) is -2.74. The van der Waals surface area contributed by atoms with Crippen molar-refractivity contribution in [3.8, 4) is 0 Å². The second-order valence-corrected chi connectivity index (χ2v) is 7.32. The molecule has 148 valence electrons. The summed E-state index contributed by atoms with van der Waals surface area (Å²) in [7, 11) is -4.00. The van der Waals surface area contributed by atoms with Gasteiger partial charge in [-0.05, 0) is 37.2 Å². The van der Waals surface area contributed by atoms with Gasteiger partial charge in [-0.25, -0.2) is 22.3 Å². The van der Waals surface area contributed by atoms with E-state index in [1.807, 2.05) is 0 Å². The van der Waals surface area contributed by atoms with Gasteiger partial charge in [0.25, 0.3) is 27.6 Å². The Kier molecular flexibility index (Phi) is 5.14. The number of esters is 2. The maximum absolute atomic E-state index is 12.4. The Labute approximate surface area is 159 Å². The lowest BCUT2D eigenvalue weighted by atomic mass is 10.1. The molecule has 2 heterocycles. The molecule has 0 fully saturated rings. The summed E-state index contributed by atoms with van der Waals surface area (Å²) in [5, 5.41) is 3.40. The summed E-state index contributed by atoms with van der Waals surface area (Å²) in [6.07, 6.45) is 0. The molecule has 1 aliphatic heterocycles. The van der Waals surface area contributed by atoms with Gasteiger partial charge in [0.15, 0.2) is 6.61 Å². The molecule has 1 aromatic carbocycles. The first-order chi connectivity index (χ1) is 13.3. The Bertz CT molecular complexity index is 1060. The first kappa shape index (κ1) is 19.5. The number of rotatable bonds is 6. The van der Waals surface area contributed by atoms with Gasteiger partial charge in [0, 0.05) is 6.54 Å². The minimum Gasteiger partial charge on any atom is -0.460 e. The molecule has 0 bridgehead atoms. The van der Waals surface area contributed by atoms with Crippen LogP contribution in [0, 0.1) is 0 Å². The number of hydrogen-bond acceptors (Lipinski definition) is 10. The van der Waals surface area contributed by atoms with Crippen molar-refractivity contribution in [2.75, 3.05) is 13.2 Å². The van der Waals surface area contributed by atoms with E-state index < -0.39 is 34.5 Å². The third-order valence-corrected chi connectivity index (χ3v) is 5.68. The number of ether oxygens (including phenoxy) is 2. The van der Waals surface area contributed by atoms with Crippen molar-refractivity contribution in [3.63, 3.8) is 0 Å². The number of hydrogen-bond donors (Lipinski definition) is 0. The van der Waals surface area contributed by atoms with E-state index >= 15 is 0 Å². The topological polar surface area (TPSA) is 146 Å². The SMILES string of the molecule is CCOC(=O)c1noc(COC(=O)c2ccc3c(c2)S(=O)(=O)N(CC)C3=O)n1. The standard InChI is InChI=1S/C16H15N3O8S/c1-3-19-14(20)10-6-5-9(7-11(10)28(19,23)24)15(21)26-8-12-17-13(18-27-12)16(22)25-4-2/h5-7H,3-4,8H2,1-2H3. The first-order valence-electron chi connectivity index (χ1n) is 8.17. The quantitative estimate of drug-likeness (QED) is 0.627. The van der Waals surface area contributed by atoms with Gasteiger partial charge in [-0.15, -0.1) is 0 Å². The zero-order chi connectivity index (χ0) is 20.5. The van der Waals surface area contributed by atoms with Gasteiger partial charge in [0.05, 0.1) is 17.7 Å². The van der Waals surface area contributed by atoms with E-state index in [-0.39, 0.29) is 40.9 Å². The molecule has 11 nitrogen and oxygen atoms in total. The van der Waals surface area contributed by atoms with Gasteiger partial charge in [0.1, 0.15) is 4.90 Å². The first-order valence-corrected chi connectivity index (χ1v) is 9.61. The van der Waals surface area contributed by atoms with Crippen LogP contribution in [0.5, 0.6) is 0 Å². The zero-order valence-corrected chi connectivity index (χ0v) is 15.7. The largest absolute Gasteiger partial charge is 0.460 e. The molecule has 28 heavy (non-hydrogen) atoms. The van der Waals surface area contributed by atoms with Crippen molar-refractivity contribution in [2.24, 2.45) is 0 Å². The molecule has 0 radical (unpaired) electrons. The minimum atomic E-state index is -4.00. The van der Waals surface area contributed by atoms with Crippen molar-refractivity contribution >= 4 is 27.9 Å². The van der Waals surface area contributed by atoms with Crippen LogP contribution in [-0.2, 0) is 26.1 Å². The average Bonchev–Trinajstić information content (AvgIpc) is 3.21. The Morgan fingerprint density at radius 3 is 2.61 bits per heavy atom. The van der Waals surface area contributed by atoms with E-state index in [0.717, 1.165) is 10.4 Å². The van der Waals surface area contributed by atoms with Crippen LogP contribution in [0.3, 0.4) is 0 Å². The summed E-state index contributed by atoms with van der Waals surface area (Å²) in [5.41, 5.74) is -0.0763. The molecule has 0 atom stereocenters. The minimum absolute atomic E-state index is 0.00520. The van der Waals surface area contributed by atoms with Gasteiger partial charge in [0.2, 0.25) is 0 Å². The number of benzene rings is 1. The molecule has 0 aliphatic carbocycles. The Morgan fingerprint density at radius 1 is 1.18 bits per heavy atom. The van der Waals surface area contributed by atoms with E-state index in [2.05, 4.69) is 10.1 Å². The molecular weight excluding hydrogens is 394 g/mol.